The summed E-state index contributed by atoms with van der Waals surface area (Å²) in [5, 5.41) is 13.7. The first-order valence-corrected chi connectivity index (χ1v) is 11.8. The van der Waals surface area contributed by atoms with E-state index in [-0.39, 0.29) is 11.7 Å². The number of methoxy groups -OCH3 is 1. The van der Waals surface area contributed by atoms with E-state index in [4.69, 9.17) is 21.1 Å². The van der Waals surface area contributed by atoms with Gasteiger partial charge in [-0.2, -0.15) is 0 Å². The van der Waals surface area contributed by atoms with Crippen LogP contribution in [0.4, 0.5) is 10.5 Å². The van der Waals surface area contributed by atoms with E-state index in [9.17, 15) is 9.90 Å². The number of aromatic hydroxyl groups is 1. The highest BCUT2D eigenvalue weighted by atomic mass is 35.5. The van der Waals surface area contributed by atoms with Gasteiger partial charge in [-0.1, -0.05) is 23.7 Å². The van der Waals surface area contributed by atoms with Gasteiger partial charge in [0.2, 0.25) is 0 Å². The van der Waals surface area contributed by atoms with Gasteiger partial charge in [0.25, 0.3) is 0 Å². The molecule has 0 saturated carbocycles. The van der Waals surface area contributed by atoms with E-state index in [1.54, 1.807) is 31.4 Å². The molecule has 1 amide bonds. The SMILES string of the molecule is COc1ccc(OC(=O)Nc2cccc3c2CCC2C3c3cc(O)c(Cl)cc3CCN2C)cc1. The number of nitrogens with zero attached hydrogens (tertiary/aromatic N) is 1. The zero-order valence-corrected chi connectivity index (χ0v) is 19.9. The third kappa shape index (κ3) is 4.19. The summed E-state index contributed by atoms with van der Waals surface area (Å²) in [6.07, 6.45) is 2.13. The second-order valence-corrected chi connectivity index (χ2v) is 9.29. The van der Waals surface area contributed by atoms with Gasteiger partial charge in [-0.25, -0.2) is 4.79 Å². The molecular formula is C27H27ClN2O4. The number of hydrogen-bond acceptors (Lipinski definition) is 5. The van der Waals surface area contributed by atoms with Crippen LogP contribution in [0, 0.1) is 0 Å². The van der Waals surface area contributed by atoms with Crippen molar-refractivity contribution in [3.05, 3.63) is 81.9 Å². The van der Waals surface area contributed by atoms with Crippen molar-refractivity contribution in [2.75, 3.05) is 26.0 Å². The Labute approximate surface area is 204 Å². The van der Waals surface area contributed by atoms with Crippen molar-refractivity contribution in [2.45, 2.75) is 31.2 Å². The van der Waals surface area contributed by atoms with Crippen LogP contribution in [0.5, 0.6) is 17.2 Å². The molecule has 0 fully saturated rings. The minimum absolute atomic E-state index is 0.0776. The number of ether oxygens (including phenoxy) is 2. The van der Waals surface area contributed by atoms with Crippen molar-refractivity contribution in [3.8, 4) is 17.2 Å². The molecule has 6 nitrogen and oxygen atoms in total. The van der Waals surface area contributed by atoms with Gasteiger partial charge in [0.15, 0.2) is 0 Å². The van der Waals surface area contributed by atoms with Gasteiger partial charge >= 0.3 is 6.09 Å². The van der Waals surface area contributed by atoms with Gasteiger partial charge in [-0.3, -0.25) is 5.32 Å². The van der Waals surface area contributed by atoms with E-state index in [0.29, 0.717) is 22.6 Å². The fraction of sp³-hybridized carbons (Fsp3) is 0.296. The molecule has 3 aromatic rings. The highest BCUT2D eigenvalue weighted by molar-refractivity contribution is 6.32. The second kappa shape index (κ2) is 9.20. The van der Waals surface area contributed by atoms with E-state index < -0.39 is 6.09 Å². The molecule has 2 N–H and O–H groups in total. The molecule has 34 heavy (non-hydrogen) atoms. The third-order valence-electron chi connectivity index (χ3n) is 6.97. The van der Waals surface area contributed by atoms with Crippen LogP contribution in [0.1, 0.15) is 34.6 Å². The number of phenolic OH excluding ortho intramolecular Hbond substituents is 1. The standard InChI is InChI=1S/C27H27ClN2O4/c1-30-13-12-16-14-22(28)25(31)15-21(16)26-20-4-3-5-23(19(20)10-11-24(26)30)29-27(32)34-18-8-6-17(33-2)7-9-18/h3-9,14-15,24,26,31H,10-13H2,1-2H3,(H,29,32). The lowest BCUT2D eigenvalue weighted by molar-refractivity contribution is 0.213. The van der Waals surface area contributed by atoms with Crippen molar-refractivity contribution < 1.29 is 19.4 Å². The second-order valence-electron chi connectivity index (χ2n) is 8.88. The number of likely N-dealkylation sites (N-methyl/N-ethyl adjacent to an activating group) is 1. The fourth-order valence-electron chi connectivity index (χ4n) is 5.28. The summed E-state index contributed by atoms with van der Waals surface area (Å²) in [7, 11) is 3.75. The van der Waals surface area contributed by atoms with Crippen LogP contribution in [0.3, 0.4) is 0 Å². The zero-order chi connectivity index (χ0) is 23.8. The third-order valence-corrected chi connectivity index (χ3v) is 7.28. The molecule has 3 aromatic carbocycles. The maximum Gasteiger partial charge on any atom is 0.417 e. The molecule has 5 rings (SSSR count). The number of nitrogens with one attached hydrogen (secondary N) is 1. The van der Waals surface area contributed by atoms with Crippen LogP contribution in [0.2, 0.25) is 5.02 Å². The first kappa shape index (κ1) is 22.6. The van der Waals surface area contributed by atoms with E-state index in [1.807, 2.05) is 24.3 Å². The van der Waals surface area contributed by atoms with Gasteiger partial charge in [0.1, 0.15) is 17.2 Å². The van der Waals surface area contributed by atoms with Gasteiger partial charge in [-0.05, 0) is 91.0 Å². The molecule has 1 aliphatic carbocycles. The van der Waals surface area contributed by atoms with Crippen LogP contribution in [-0.2, 0) is 12.8 Å². The summed E-state index contributed by atoms with van der Waals surface area (Å²) in [5.74, 6) is 1.32. The van der Waals surface area contributed by atoms with Crippen molar-refractivity contribution >= 4 is 23.4 Å². The summed E-state index contributed by atoms with van der Waals surface area (Å²) in [4.78, 5) is 15.1. The van der Waals surface area contributed by atoms with Crippen LogP contribution < -0.4 is 14.8 Å². The summed E-state index contributed by atoms with van der Waals surface area (Å²) >= 11 is 6.24. The number of hydrogen-bond donors (Lipinski definition) is 2. The largest absolute Gasteiger partial charge is 0.506 e. The predicted molar refractivity (Wildman–Crippen MR) is 132 cm³/mol. The van der Waals surface area contributed by atoms with Crippen LogP contribution >= 0.6 is 11.6 Å². The lowest BCUT2D eigenvalue weighted by atomic mass is 9.74. The quantitative estimate of drug-likeness (QED) is 0.512. The highest BCUT2D eigenvalue weighted by Gasteiger charge is 2.37. The monoisotopic (exact) mass is 478 g/mol. The number of halogens is 1. The Morgan fingerprint density at radius 2 is 1.85 bits per heavy atom. The minimum atomic E-state index is -0.538. The van der Waals surface area contributed by atoms with E-state index in [0.717, 1.165) is 53.7 Å². The van der Waals surface area contributed by atoms with Crippen molar-refractivity contribution in [1.82, 2.24) is 4.90 Å². The lowest BCUT2D eigenvalue weighted by Crippen LogP contribution is -2.39. The van der Waals surface area contributed by atoms with Gasteiger partial charge in [0, 0.05) is 24.2 Å². The van der Waals surface area contributed by atoms with Gasteiger partial charge in [0.05, 0.1) is 12.1 Å². The number of benzene rings is 3. The topological polar surface area (TPSA) is 71.0 Å². The minimum Gasteiger partial charge on any atom is -0.506 e. The Morgan fingerprint density at radius 1 is 1.09 bits per heavy atom. The molecule has 2 atom stereocenters. The summed E-state index contributed by atoms with van der Waals surface area (Å²) < 4.78 is 10.6. The molecule has 0 bridgehead atoms. The zero-order valence-electron chi connectivity index (χ0n) is 19.2. The Morgan fingerprint density at radius 3 is 2.62 bits per heavy atom. The molecule has 0 spiro atoms. The number of phenols is 1. The Hall–Kier alpha value is -3.22. The van der Waals surface area contributed by atoms with E-state index in [2.05, 4.69) is 23.3 Å². The fourth-order valence-corrected chi connectivity index (χ4v) is 5.47. The van der Waals surface area contributed by atoms with Crippen molar-refractivity contribution in [2.24, 2.45) is 0 Å². The van der Waals surface area contributed by atoms with E-state index >= 15 is 0 Å². The first-order chi connectivity index (χ1) is 16.4. The average molecular weight is 479 g/mol. The van der Waals surface area contributed by atoms with Gasteiger partial charge in [-0.15, -0.1) is 0 Å². The number of fused-ring (bicyclic) bond motifs is 5. The maximum atomic E-state index is 12.7. The molecule has 176 valence electrons. The summed E-state index contributed by atoms with van der Waals surface area (Å²) in [6.45, 7) is 0.927. The smallest absolute Gasteiger partial charge is 0.417 e. The predicted octanol–water partition coefficient (Wildman–Crippen LogP) is 5.60. The molecule has 7 heteroatoms. The number of carbonyl (C=O) groups excluding carboxylic acids is 1. The number of anilines is 1. The van der Waals surface area contributed by atoms with Crippen molar-refractivity contribution in [1.29, 1.82) is 0 Å². The van der Waals surface area contributed by atoms with Crippen LogP contribution in [0.25, 0.3) is 0 Å². The molecular weight excluding hydrogens is 452 g/mol. The van der Waals surface area contributed by atoms with Crippen molar-refractivity contribution in [3.63, 3.8) is 0 Å². The van der Waals surface area contributed by atoms with Crippen LogP contribution in [0.15, 0.2) is 54.6 Å². The molecule has 2 aliphatic rings. The number of rotatable bonds is 3. The summed E-state index contributed by atoms with van der Waals surface area (Å²) in [5.41, 5.74) is 5.28. The Kier molecular flexibility index (Phi) is 6.11. The maximum absolute atomic E-state index is 12.7. The molecule has 1 heterocycles. The van der Waals surface area contributed by atoms with E-state index in [1.165, 1.54) is 0 Å². The number of carbonyl (C=O) groups is 1. The van der Waals surface area contributed by atoms with Crippen LogP contribution in [-0.4, -0.2) is 42.8 Å². The molecule has 0 saturated heterocycles. The highest BCUT2D eigenvalue weighted by Crippen LogP contribution is 2.46. The molecule has 2 unspecified atom stereocenters. The molecule has 1 aliphatic heterocycles. The molecule has 0 radical (unpaired) electrons. The Balaban J connectivity index is 1.47. The first-order valence-electron chi connectivity index (χ1n) is 11.4. The average Bonchev–Trinajstić information content (AvgIpc) is 2.97. The normalized spacial score (nSPS) is 19.3. The van der Waals surface area contributed by atoms with Gasteiger partial charge < -0.3 is 19.5 Å². The number of amides is 1. The lowest BCUT2D eigenvalue weighted by Gasteiger charge is -2.39. The molecule has 0 aromatic heterocycles. The Bertz CT molecular complexity index is 1230. The summed E-state index contributed by atoms with van der Waals surface area (Å²) in [6, 6.07) is 16.9.